The molecule has 0 spiro atoms. The normalized spacial score (nSPS) is 13.3. The molecule has 1 aliphatic carbocycles. The van der Waals surface area contributed by atoms with Crippen molar-refractivity contribution < 1.29 is 37.0 Å². The predicted octanol–water partition coefficient (Wildman–Crippen LogP) is 7.91. The van der Waals surface area contributed by atoms with Gasteiger partial charge in [-0.25, -0.2) is 4.79 Å². The number of halogens is 3. The summed E-state index contributed by atoms with van der Waals surface area (Å²) in [4.78, 5) is 43.1. The van der Waals surface area contributed by atoms with Crippen molar-refractivity contribution in [1.82, 2.24) is 4.98 Å². The summed E-state index contributed by atoms with van der Waals surface area (Å²) < 4.78 is 51.9. The van der Waals surface area contributed by atoms with Gasteiger partial charge in [-0.1, -0.05) is 18.2 Å². The fourth-order valence-electron chi connectivity index (χ4n) is 4.46. The van der Waals surface area contributed by atoms with Gasteiger partial charge in [0.15, 0.2) is 5.78 Å². The highest BCUT2D eigenvalue weighted by Gasteiger charge is 2.36. The number of benzene rings is 2. The molecule has 2 amide bonds. The van der Waals surface area contributed by atoms with Gasteiger partial charge in [-0.2, -0.15) is 13.2 Å². The molecule has 1 heterocycles. The Kier molecular flexibility index (Phi) is 9.12. The van der Waals surface area contributed by atoms with Gasteiger partial charge in [0, 0.05) is 28.9 Å². The second-order valence-corrected chi connectivity index (χ2v) is 11.4. The summed E-state index contributed by atoms with van der Waals surface area (Å²) >= 11 is 0. The zero-order valence-corrected chi connectivity index (χ0v) is 24.6. The van der Waals surface area contributed by atoms with Crippen LogP contribution in [0.2, 0.25) is 0 Å². The van der Waals surface area contributed by atoms with Gasteiger partial charge in [0.05, 0.1) is 30.0 Å². The Bertz CT molecular complexity index is 1540. The van der Waals surface area contributed by atoms with Crippen LogP contribution in [0.15, 0.2) is 48.5 Å². The van der Waals surface area contributed by atoms with Crippen molar-refractivity contribution in [3.8, 4) is 16.9 Å². The van der Waals surface area contributed by atoms with Crippen molar-refractivity contribution in [3.05, 3.63) is 71.0 Å². The third kappa shape index (κ3) is 8.56. The third-order valence-electron chi connectivity index (χ3n) is 6.44. The molecule has 0 saturated heterocycles. The first-order chi connectivity index (χ1) is 20.1. The summed E-state index contributed by atoms with van der Waals surface area (Å²) in [6, 6.07) is 12.4. The lowest BCUT2D eigenvalue weighted by atomic mass is 9.99. The van der Waals surface area contributed by atoms with E-state index in [1.165, 1.54) is 6.92 Å². The number of aryl methyl sites for hydroxylation is 1. The maximum Gasteiger partial charge on any atom is 0.420 e. The van der Waals surface area contributed by atoms with E-state index >= 15 is 0 Å². The minimum Gasteiger partial charge on any atom is -0.493 e. The van der Waals surface area contributed by atoms with E-state index in [4.69, 9.17) is 9.47 Å². The highest BCUT2D eigenvalue weighted by molar-refractivity contribution is 6.12. The van der Waals surface area contributed by atoms with E-state index < -0.39 is 47.3 Å². The Morgan fingerprint density at radius 2 is 1.65 bits per heavy atom. The van der Waals surface area contributed by atoms with Crippen LogP contribution in [0.4, 0.5) is 29.3 Å². The van der Waals surface area contributed by atoms with Gasteiger partial charge in [-0.15, -0.1) is 0 Å². The smallest absolute Gasteiger partial charge is 0.420 e. The molecule has 43 heavy (non-hydrogen) atoms. The number of aromatic nitrogens is 1. The van der Waals surface area contributed by atoms with Gasteiger partial charge in [0.1, 0.15) is 11.4 Å². The number of rotatable bonds is 9. The maximum atomic E-state index is 13.8. The van der Waals surface area contributed by atoms with E-state index in [0.29, 0.717) is 12.0 Å². The van der Waals surface area contributed by atoms with E-state index in [9.17, 15) is 27.6 Å². The molecule has 3 aromatic rings. The summed E-state index contributed by atoms with van der Waals surface area (Å²) in [5.41, 5.74) is 1.22. The van der Waals surface area contributed by atoms with Gasteiger partial charge in [0.25, 0.3) is 0 Å². The summed E-state index contributed by atoms with van der Waals surface area (Å²) in [6.07, 6.45) is -4.23. The Labute approximate surface area is 248 Å². The number of pyridine rings is 1. The van der Waals surface area contributed by atoms with Crippen molar-refractivity contribution in [3.63, 3.8) is 0 Å². The molecular formula is C32H34F3N3O5. The van der Waals surface area contributed by atoms with Crippen molar-refractivity contribution in [2.45, 2.75) is 71.6 Å². The summed E-state index contributed by atoms with van der Waals surface area (Å²) in [5.74, 6) is -1.49. The van der Waals surface area contributed by atoms with E-state index in [1.54, 1.807) is 39.0 Å². The average Bonchev–Trinajstić information content (AvgIpc) is 3.74. The highest BCUT2D eigenvalue weighted by Crippen LogP contribution is 2.42. The monoisotopic (exact) mass is 597 g/mol. The summed E-state index contributed by atoms with van der Waals surface area (Å²) in [5, 5.41) is 4.72. The second kappa shape index (κ2) is 12.4. The number of nitrogens with zero attached hydrogens (tertiary/aromatic N) is 1. The zero-order valence-electron chi connectivity index (χ0n) is 24.6. The summed E-state index contributed by atoms with van der Waals surface area (Å²) in [7, 11) is 0. The molecule has 0 atom stereocenters. The van der Waals surface area contributed by atoms with E-state index in [2.05, 4.69) is 15.6 Å². The third-order valence-corrected chi connectivity index (χ3v) is 6.44. The van der Waals surface area contributed by atoms with E-state index in [0.717, 1.165) is 41.4 Å². The number of nitrogens with one attached hydrogen (secondary N) is 2. The van der Waals surface area contributed by atoms with Crippen molar-refractivity contribution in [2.24, 2.45) is 0 Å². The molecule has 228 valence electrons. The number of Topliss-reactive ketones (excluding diaryl/α,β-unsaturated/α-hetero) is 1. The first kappa shape index (κ1) is 31.5. The lowest BCUT2D eigenvalue weighted by Crippen LogP contribution is -2.28. The molecule has 1 saturated carbocycles. The van der Waals surface area contributed by atoms with Gasteiger partial charge in [0.2, 0.25) is 5.91 Å². The number of carbonyl (C=O) groups excluding carboxylic acids is 3. The maximum absolute atomic E-state index is 13.8. The van der Waals surface area contributed by atoms with Crippen LogP contribution < -0.4 is 15.4 Å². The lowest BCUT2D eigenvalue weighted by molar-refractivity contribution is -0.138. The largest absolute Gasteiger partial charge is 0.493 e. The molecule has 2 N–H and O–H groups in total. The molecule has 8 nitrogen and oxygen atoms in total. The molecule has 0 unspecified atom stereocenters. The number of alkyl halides is 3. The van der Waals surface area contributed by atoms with Gasteiger partial charge < -0.3 is 14.8 Å². The number of carbonyl (C=O) groups is 3. The molecule has 2 aromatic carbocycles. The van der Waals surface area contributed by atoms with Gasteiger partial charge >= 0.3 is 12.3 Å². The minimum atomic E-state index is -4.82. The number of anilines is 2. The van der Waals surface area contributed by atoms with Gasteiger partial charge in [-0.05, 0) is 82.9 Å². The topological polar surface area (TPSA) is 107 Å². The molecule has 11 heteroatoms. The summed E-state index contributed by atoms with van der Waals surface area (Å²) in [6.45, 7) is 8.21. The van der Waals surface area contributed by atoms with Crippen LogP contribution in [0.1, 0.15) is 80.2 Å². The SMILES string of the molecule is CCOc1cc(NC(=O)OC(C)(C)C)c(NC(=O)CC(=O)c2cccc(-c3cc(C)nc(C4CC4)c3)c2)cc1C(F)(F)F. The van der Waals surface area contributed by atoms with Crippen LogP contribution in [0, 0.1) is 6.92 Å². The fourth-order valence-corrected chi connectivity index (χ4v) is 4.46. The average molecular weight is 598 g/mol. The first-order valence-corrected chi connectivity index (χ1v) is 13.9. The lowest BCUT2D eigenvalue weighted by Gasteiger charge is -2.22. The second-order valence-electron chi connectivity index (χ2n) is 11.4. The molecule has 1 aromatic heterocycles. The molecule has 0 aliphatic heterocycles. The van der Waals surface area contributed by atoms with Crippen LogP contribution >= 0.6 is 0 Å². The Hall–Kier alpha value is -4.41. The minimum absolute atomic E-state index is 0.0742. The molecule has 0 radical (unpaired) electrons. The number of hydrogen-bond acceptors (Lipinski definition) is 6. The van der Waals surface area contributed by atoms with Crippen molar-refractivity contribution in [2.75, 3.05) is 17.2 Å². The fraction of sp³-hybridized carbons (Fsp3) is 0.375. The first-order valence-electron chi connectivity index (χ1n) is 13.9. The van der Waals surface area contributed by atoms with E-state index in [-0.39, 0.29) is 23.5 Å². The van der Waals surface area contributed by atoms with E-state index in [1.807, 2.05) is 25.1 Å². The highest BCUT2D eigenvalue weighted by atomic mass is 19.4. The predicted molar refractivity (Wildman–Crippen MR) is 156 cm³/mol. The van der Waals surface area contributed by atoms with Crippen LogP contribution in [0.3, 0.4) is 0 Å². The Morgan fingerprint density at radius 3 is 2.28 bits per heavy atom. The molecule has 4 rings (SSSR count). The molecule has 1 fully saturated rings. The number of ketones is 1. The Balaban J connectivity index is 1.57. The van der Waals surface area contributed by atoms with Crippen LogP contribution in [0.5, 0.6) is 5.75 Å². The van der Waals surface area contributed by atoms with Crippen molar-refractivity contribution >= 4 is 29.2 Å². The standard InChI is InChI=1S/C32H34F3N3O5/c1-6-42-28-16-26(38-30(41)43-31(3,4)5)25(15-23(28)32(33,34)35)37-29(40)17-27(39)21-9-7-8-20(13-21)22-12-18(2)36-24(14-22)19-10-11-19/h7-9,12-16,19H,6,10-11,17H2,1-5H3,(H,37,40)(H,38,41). The quantitative estimate of drug-likeness (QED) is 0.192. The molecule has 0 bridgehead atoms. The van der Waals surface area contributed by atoms with Gasteiger partial charge in [-0.3, -0.25) is 19.9 Å². The number of ether oxygens (including phenoxy) is 2. The van der Waals surface area contributed by atoms with Crippen LogP contribution in [-0.2, 0) is 15.7 Å². The zero-order chi connectivity index (χ0) is 31.5. The molecule has 1 aliphatic rings. The molecular weight excluding hydrogens is 563 g/mol. The number of hydrogen-bond donors (Lipinski definition) is 2. The van der Waals surface area contributed by atoms with Crippen molar-refractivity contribution in [1.29, 1.82) is 0 Å². The van der Waals surface area contributed by atoms with Crippen LogP contribution in [0.25, 0.3) is 11.1 Å². The number of amides is 2. The van der Waals surface area contributed by atoms with Crippen LogP contribution in [-0.4, -0.2) is 35.0 Å². The Morgan fingerprint density at radius 1 is 0.953 bits per heavy atom.